The number of fused-ring (bicyclic) bond motifs is 3. The fourth-order valence-electron chi connectivity index (χ4n) is 4.03. The second-order valence-electron chi connectivity index (χ2n) is 7.08. The molecule has 144 valence electrons. The Bertz CT molecular complexity index is 1220. The van der Waals surface area contributed by atoms with Crippen molar-refractivity contribution >= 4 is 50.3 Å². The number of pyridine rings is 1. The van der Waals surface area contributed by atoms with Crippen molar-refractivity contribution in [3.05, 3.63) is 70.1 Å². The summed E-state index contributed by atoms with van der Waals surface area (Å²) in [7, 11) is 0. The first-order chi connectivity index (χ1) is 14.3. The van der Waals surface area contributed by atoms with Gasteiger partial charge in [-0.2, -0.15) is 0 Å². The third kappa shape index (κ3) is 3.12. The molecule has 4 aromatic rings. The first-order valence-electron chi connectivity index (χ1n) is 9.89. The standard InChI is InChI=1S/C24H20N2O2S/c1-2-28-24(27)22-17-10-7-13-21(17)29-23(22)25-14-18-15-8-3-5-11-19(15)26-20-12-6-4-9-16(18)20/h3-6,8-9,11-12,14H,2,7,10,13H2,1H3/b25-14+. The molecule has 5 heteroatoms. The summed E-state index contributed by atoms with van der Waals surface area (Å²) < 4.78 is 5.33. The van der Waals surface area contributed by atoms with E-state index in [0.717, 1.165) is 57.2 Å². The van der Waals surface area contributed by atoms with Crippen LogP contribution in [0.4, 0.5) is 5.00 Å². The highest BCUT2D eigenvalue weighted by atomic mass is 32.1. The fraction of sp³-hybridized carbons (Fsp3) is 0.208. The number of aryl methyl sites for hydroxylation is 1. The van der Waals surface area contributed by atoms with E-state index in [4.69, 9.17) is 14.7 Å². The summed E-state index contributed by atoms with van der Waals surface area (Å²) in [5, 5.41) is 2.85. The lowest BCUT2D eigenvalue weighted by Crippen LogP contribution is -2.06. The van der Waals surface area contributed by atoms with Crippen molar-refractivity contribution in [3.8, 4) is 0 Å². The van der Waals surface area contributed by atoms with E-state index >= 15 is 0 Å². The summed E-state index contributed by atoms with van der Waals surface area (Å²) in [6.45, 7) is 2.20. The molecule has 2 aromatic carbocycles. The fourth-order valence-corrected chi connectivity index (χ4v) is 5.25. The number of benzene rings is 2. The Morgan fingerprint density at radius 3 is 2.48 bits per heavy atom. The number of carbonyl (C=O) groups excluding carboxylic acids is 1. The molecule has 0 saturated carbocycles. The molecule has 0 fully saturated rings. The molecule has 0 bridgehead atoms. The van der Waals surface area contributed by atoms with Gasteiger partial charge in [-0.15, -0.1) is 11.3 Å². The second-order valence-corrected chi connectivity index (χ2v) is 8.16. The van der Waals surface area contributed by atoms with Gasteiger partial charge in [-0.3, -0.25) is 0 Å². The maximum Gasteiger partial charge on any atom is 0.341 e. The summed E-state index contributed by atoms with van der Waals surface area (Å²) in [5.41, 5.74) is 4.68. The van der Waals surface area contributed by atoms with E-state index in [9.17, 15) is 4.79 Å². The molecule has 0 aliphatic heterocycles. The smallest absolute Gasteiger partial charge is 0.341 e. The predicted molar refractivity (Wildman–Crippen MR) is 119 cm³/mol. The van der Waals surface area contributed by atoms with Crippen molar-refractivity contribution in [3.63, 3.8) is 0 Å². The van der Waals surface area contributed by atoms with Crippen molar-refractivity contribution in [2.24, 2.45) is 4.99 Å². The van der Waals surface area contributed by atoms with E-state index in [0.29, 0.717) is 12.2 Å². The average Bonchev–Trinajstić information content (AvgIpc) is 3.32. The van der Waals surface area contributed by atoms with Crippen LogP contribution in [0.1, 0.15) is 39.7 Å². The van der Waals surface area contributed by atoms with Crippen LogP contribution < -0.4 is 0 Å². The van der Waals surface area contributed by atoms with Gasteiger partial charge in [0.2, 0.25) is 0 Å². The predicted octanol–water partition coefficient (Wildman–Crippen LogP) is 5.87. The van der Waals surface area contributed by atoms with Gasteiger partial charge in [0.25, 0.3) is 0 Å². The molecule has 0 spiro atoms. The average molecular weight is 401 g/mol. The number of aliphatic imine (C=N–C) groups is 1. The van der Waals surface area contributed by atoms with Crippen LogP contribution in [0.5, 0.6) is 0 Å². The molecule has 2 heterocycles. The van der Waals surface area contributed by atoms with E-state index in [1.165, 1.54) is 4.88 Å². The van der Waals surface area contributed by atoms with E-state index in [-0.39, 0.29) is 5.97 Å². The normalized spacial score (nSPS) is 13.4. The first-order valence-corrected chi connectivity index (χ1v) is 10.7. The summed E-state index contributed by atoms with van der Waals surface area (Å²) in [4.78, 5) is 23.5. The SMILES string of the molecule is CCOC(=O)c1c(/N=C/c2c3ccccc3nc3ccccc23)sc2c1CCC2. The Morgan fingerprint density at radius 2 is 1.79 bits per heavy atom. The topological polar surface area (TPSA) is 51.5 Å². The van der Waals surface area contributed by atoms with Crippen LogP contribution in [-0.4, -0.2) is 23.8 Å². The number of carbonyl (C=O) groups is 1. The number of nitrogens with zero attached hydrogens (tertiary/aromatic N) is 2. The summed E-state index contributed by atoms with van der Waals surface area (Å²) in [6, 6.07) is 16.2. The van der Waals surface area contributed by atoms with Gasteiger partial charge in [-0.25, -0.2) is 14.8 Å². The van der Waals surface area contributed by atoms with Crippen LogP contribution in [0.25, 0.3) is 21.8 Å². The van der Waals surface area contributed by atoms with Crippen LogP contribution in [0.3, 0.4) is 0 Å². The Balaban J connectivity index is 1.68. The Kier molecular flexibility index (Phi) is 4.60. The van der Waals surface area contributed by atoms with Crippen molar-refractivity contribution in [2.45, 2.75) is 26.2 Å². The number of thiophene rings is 1. The van der Waals surface area contributed by atoms with Crippen LogP contribution in [0.15, 0.2) is 53.5 Å². The summed E-state index contributed by atoms with van der Waals surface area (Å²) in [5.74, 6) is -0.261. The van der Waals surface area contributed by atoms with Crippen molar-refractivity contribution < 1.29 is 9.53 Å². The molecular formula is C24H20N2O2S. The number of rotatable bonds is 4. The highest BCUT2D eigenvalue weighted by molar-refractivity contribution is 7.16. The lowest BCUT2D eigenvalue weighted by atomic mass is 10.0. The summed E-state index contributed by atoms with van der Waals surface area (Å²) in [6.07, 6.45) is 4.92. The quantitative estimate of drug-likeness (QED) is 0.245. The third-order valence-electron chi connectivity index (χ3n) is 5.32. The molecule has 2 aromatic heterocycles. The molecule has 29 heavy (non-hydrogen) atoms. The first kappa shape index (κ1) is 18.0. The molecule has 4 nitrogen and oxygen atoms in total. The van der Waals surface area contributed by atoms with Gasteiger partial charge in [0, 0.05) is 27.4 Å². The number of esters is 1. The van der Waals surface area contributed by atoms with Gasteiger partial charge in [-0.1, -0.05) is 36.4 Å². The van der Waals surface area contributed by atoms with E-state index in [1.807, 2.05) is 49.5 Å². The monoisotopic (exact) mass is 400 g/mol. The zero-order valence-corrected chi connectivity index (χ0v) is 17.0. The van der Waals surface area contributed by atoms with Crippen LogP contribution in [0, 0.1) is 0 Å². The zero-order chi connectivity index (χ0) is 19.8. The van der Waals surface area contributed by atoms with Gasteiger partial charge < -0.3 is 4.74 Å². The molecular weight excluding hydrogens is 380 g/mol. The number of hydrogen-bond donors (Lipinski definition) is 0. The van der Waals surface area contributed by atoms with E-state index in [2.05, 4.69) is 12.1 Å². The van der Waals surface area contributed by atoms with Crippen LogP contribution >= 0.6 is 11.3 Å². The Hall–Kier alpha value is -3.05. The number of ether oxygens (including phenoxy) is 1. The summed E-state index contributed by atoms with van der Waals surface area (Å²) >= 11 is 1.62. The van der Waals surface area contributed by atoms with E-state index in [1.54, 1.807) is 11.3 Å². The molecule has 0 radical (unpaired) electrons. The van der Waals surface area contributed by atoms with Crippen molar-refractivity contribution in [1.82, 2.24) is 4.98 Å². The maximum atomic E-state index is 12.6. The maximum absolute atomic E-state index is 12.6. The van der Waals surface area contributed by atoms with Crippen LogP contribution in [0.2, 0.25) is 0 Å². The Labute approximate surface area is 172 Å². The van der Waals surface area contributed by atoms with E-state index < -0.39 is 0 Å². The molecule has 0 N–H and O–H groups in total. The molecule has 0 atom stereocenters. The molecule has 1 aliphatic carbocycles. The molecule has 5 rings (SSSR count). The van der Waals surface area contributed by atoms with Crippen LogP contribution in [-0.2, 0) is 17.6 Å². The number of para-hydroxylation sites is 2. The molecule has 1 aliphatic rings. The molecule has 0 amide bonds. The number of aromatic nitrogens is 1. The largest absolute Gasteiger partial charge is 0.462 e. The van der Waals surface area contributed by atoms with Crippen molar-refractivity contribution in [1.29, 1.82) is 0 Å². The minimum atomic E-state index is -0.261. The molecule has 0 saturated heterocycles. The minimum absolute atomic E-state index is 0.261. The third-order valence-corrected chi connectivity index (χ3v) is 6.52. The Morgan fingerprint density at radius 1 is 1.10 bits per heavy atom. The zero-order valence-electron chi connectivity index (χ0n) is 16.1. The highest BCUT2D eigenvalue weighted by Crippen LogP contribution is 2.41. The molecule has 0 unspecified atom stereocenters. The van der Waals surface area contributed by atoms with Gasteiger partial charge in [0.1, 0.15) is 5.00 Å². The van der Waals surface area contributed by atoms with Crippen molar-refractivity contribution in [2.75, 3.05) is 6.61 Å². The van der Waals surface area contributed by atoms with Gasteiger partial charge in [0.05, 0.1) is 23.2 Å². The number of hydrogen-bond acceptors (Lipinski definition) is 5. The lowest BCUT2D eigenvalue weighted by molar-refractivity contribution is 0.0527. The minimum Gasteiger partial charge on any atom is -0.462 e. The van der Waals surface area contributed by atoms with Gasteiger partial charge in [-0.05, 0) is 43.9 Å². The van der Waals surface area contributed by atoms with Gasteiger partial charge in [0.15, 0.2) is 0 Å². The van der Waals surface area contributed by atoms with Gasteiger partial charge >= 0.3 is 5.97 Å². The lowest BCUT2D eigenvalue weighted by Gasteiger charge is -2.07. The highest BCUT2D eigenvalue weighted by Gasteiger charge is 2.27. The second kappa shape index (κ2) is 7.41.